The summed E-state index contributed by atoms with van der Waals surface area (Å²) in [5.41, 5.74) is 1.38. The van der Waals surface area contributed by atoms with Crippen LogP contribution in [0, 0.1) is 6.92 Å². The zero-order valence-electron chi connectivity index (χ0n) is 19.6. The quantitative estimate of drug-likeness (QED) is 0.528. The van der Waals surface area contributed by atoms with E-state index >= 15 is 0 Å². The summed E-state index contributed by atoms with van der Waals surface area (Å²) >= 11 is 1.30. The molecule has 0 spiro atoms. The van der Waals surface area contributed by atoms with E-state index in [0.29, 0.717) is 39.5 Å². The number of aromatic nitrogens is 2. The number of carbonyl (C=O) groups excluding carboxylic acids is 1. The number of rotatable bonds is 8. The van der Waals surface area contributed by atoms with Crippen molar-refractivity contribution in [3.05, 3.63) is 50.9 Å². The van der Waals surface area contributed by atoms with Crippen LogP contribution >= 0.6 is 11.3 Å². The van der Waals surface area contributed by atoms with Crippen LogP contribution in [0.5, 0.6) is 5.75 Å². The van der Waals surface area contributed by atoms with Gasteiger partial charge in [0.05, 0.1) is 10.3 Å². The van der Waals surface area contributed by atoms with E-state index in [1.807, 2.05) is 31.2 Å². The van der Waals surface area contributed by atoms with Crippen molar-refractivity contribution in [3.8, 4) is 5.75 Å². The van der Waals surface area contributed by atoms with Gasteiger partial charge in [-0.05, 0) is 62.7 Å². The van der Waals surface area contributed by atoms with Crippen molar-refractivity contribution in [2.45, 2.75) is 53.0 Å². The Labute approximate surface area is 198 Å². The molecular formula is C25H32N4O3S. The second-order valence-corrected chi connectivity index (χ2v) is 9.38. The number of carbonyl (C=O) groups is 1. The summed E-state index contributed by atoms with van der Waals surface area (Å²) in [5.74, 6) is 1.40. The number of likely N-dealkylation sites (N-methyl/N-ethyl adjacent to an activating group) is 1. The first-order valence-electron chi connectivity index (χ1n) is 11.8. The highest BCUT2D eigenvalue weighted by molar-refractivity contribution is 7.20. The van der Waals surface area contributed by atoms with E-state index in [-0.39, 0.29) is 11.5 Å². The maximum Gasteiger partial charge on any atom is 0.266 e. The third-order valence-electron chi connectivity index (χ3n) is 6.30. The Balaban J connectivity index is 1.47. The van der Waals surface area contributed by atoms with E-state index in [1.165, 1.54) is 11.3 Å². The van der Waals surface area contributed by atoms with Crippen LogP contribution in [-0.2, 0) is 13.0 Å². The molecule has 2 aromatic heterocycles. The maximum absolute atomic E-state index is 13.1. The highest BCUT2D eigenvalue weighted by Crippen LogP contribution is 2.29. The van der Waals surface area contributed by atoms with E-state index in [0.717, 1.165) is 56.9 Å². The van der Waals surface area contributed by atoms with Gasteiger partial charge in [-0.3, -0.25) is 14.2 Å². The van der Waals surface area contributed by atoms with Crippen molar-refractivity contribution in [2.75, 3.05) is 31.6 Å². The minimum absolute atomic E-state index is 0.0177. The standard InChI is InChI=1S/C25H32N4O3S/c1-4-28(5-2)15-16-32-19-12-10-18(11-13-19)26-23(30)22-17(3)21-24(33-22)27-20-9-7-6-8-14-29(20)25(21)31/h10-13H,4-9,14-16H2,1-3H3,(H,26,30). The summed E-state index contributed by atoms with van der Waals surface area (Å²) in [6.07, 6.45) is 3.96. The third-order valence-corrected chi connectivity index (χ3v) is 7.49. The minimum atomic E-state index is -0.217. The van der Waals surface area contributed by atoms with Gasteiger partial charge in [0.25, 0.3) is 11.5 Å². The summed E-state index contributed by atoms with van der Waals surface area (Å²) in [6, 6.07) is 7.40. The van der Waals surface area contributed by atoms with Crippen LogP contribution in [0.3, 0.4) is 0 Å². The molecule has 0 atom stereocenters. The molecule has 0 bridgehead atoms. The fraction of sp³-hybridized carbons (Fsp3) is 0.480. The molecular weight excluding hydrogens is 436 g/mol. The number of nitrogens with zero attached hydrogens (tertiary/aromatic N) is 3. The molecule has 0 radical (unpaired) electrons. The molecule has 8 heteroatoms. The van der Waals surface area contributed by atoms with Gasteiger partial charge in [-0.15, -0.1) is 11.3 Å². The predicted octanol–water partition coefficient (Wildman–Crippen LogP) is 4.47. The molecule has 0 unspecified atom stereocenters. The molecule has 1 aliphatic heterocycles. The Bertz CT molecular complexity index is 1180. The molecule has 1 aliphatic rings. The molecule has 1 aromatic carbocycles. The molecule has 0 fully saturated rings. The fourth-order valence-corrected chi connectivity index (χ4v) is 5.37. The van der Waals surface area contributed by atoms with Crippen molar-refractivity contribution < 1.29 is 9.53 Å². The van der Waals surface area contributed by atoms with Crippen LogP contribution < -0.4 is 15.6 Å². The van der Waals surface area contributed by atoms with Crippen LogP contribution in [0.4, 0.5) is 5.69 Å². The highest BCUT2D eigenvalue weighted by Gasteiger charge is 2.22. The number of nitrogens with one attached hydrogen (secondary N) is 1. The lowest BCUT2D eigenvalue weighted by molar-refractivity contribution is 0.103. The number of fused-ring (bicyclic) bond motifs is 2. The van der Waals surface area contributed by atoms with E-state index in [1.54, 1.807) is 4.57 Å². The molecule has 0 saturated carbocycles. The second kappa shape index (κ2) is 10.5. The zero-order chi connectivity index (χ0) is 23.4. The summed E-state index contributed by atoms with van der Waals surface area (Å²) in [6.45, 7) is 10.3. The molecule has 33 heavy (non-hydrogen) atoms. The summed E-state index contributed by atoms with van der Waals surface area (Å²) in [5, 5.41) is 3.53. The largest absolute Gasteiger partial charge is 0.492 e. The van der Waals surface area contributed by atoms with Gasteiger partial charge in [0.15, 0.2) is 0 Å². The van der Waals surface area contributed by atoms with Crippen molar-refractivity contribution >= 4 is 33.1 Å². The number of thiophene rings is 1. The van der Waals surface area contributed by atoms with Gasteiger partial charge in [0.1, 0.15) is 23.0 Å². The molecule has 7 nitrogen and oxygen atoms in total. The SMILES string of the molecule is CCN(CC)CCOc1ccc(NC(=O)c2sc3nc4n(c(=O)c3c2C)CCCCC4)cc1. The topological polar surface area (TPSA) is 76.5 Å². The number of anilines is 1. The first kappa shape index (κ1) is 23.4. The Kier molecular flexibility index (Phi) is 7.45. The predicted molar refractivity (Wildman–Crippen MR) is 134 cm³/mol. The molecule has 1 N–H and O–H groups in total. The van der Waals surface area contributed by atoms with E-state index < -0.39 is 0 Å². The minimum Gasteiger partial charge on any atom is -0.492 e. The Morgan fingerprint density at radius 3 is 2.67 bits per heavy atom. The first-order valence-corrected chi connectivity index (χ1v) is 12.6. The van der Waals surface area contributed by atoms with Gasteiger partial charge < -0.3 is 15.0 Å². The molecule has 3 aromatic rings. The average molecular weight is 469 g/mol. The van der Waals surface area contributed by atoms with Gasteiger partial charge in [-0.25, -0.2) is 4.98 Å². The van der Waals surface area contributed by atoms with Crippen LogP contribution in [0.1, 0.15) is 54.2 Å². The molecule has 4 rings (SSSR count). The molecule has 0 aliphatic carbocycles. The second-order valence-electron chi connectivity index (χ2n) is 8.39. The van der Waals surface area contributed by atoms with Gasteiger partial charge in [0.2, 0.25) is 0 Å². The number of ether oxygens (including phenoxy) is 1. The van der Waals surface area contributed by atoms with Crippen molar-refractivity contribution in [1.29, 1.82) is 0 Å². The third kappa shape index (κ3) is 5.12. The van der Waals surface area contributed by atoms with Crippen LogP contribution in [-0.4, -0.2) is 46.6 Å². The summed E-state index contributed by atoms with van der Waals surface area (Å²) in [4.78, 5) is 34.4. The highest BCUT2D eigenvalue weighted by atomic mass is 32.1. The molecule has 1 amide bonds. The van der Waals surface area contributed by atoms with Crippen molar-refractivity contribution in [3.63, 3.8) is 0 Å². The molecule has 176 valence electrons. The van der Waals surface area contributed by atoms with Gasteiger partial charge in [0, 0.05) is 25.2 Å². The Morgan fingerprint density at radius 1 is 1.18 bits per heavy atom. The number of hydrogen-bond acceptors (Lipinski definition) is 6. The fourth-order valence-electron chi connectivity index (χ4n) is 4.28. The van der Waals surface area contributed by atoms with Gasteiger partial charge in [-0.2, -0.15) is 0 Å². The lowest BCUT2D eigenvalue weighted by Gasteiger charge is -2.18. The molecule has 0 saturated heterocycles. The normalized spacial score (nSPS) is 13.7. The van der Waals surface area contributed by atoms with E-state index in [4.69, 9.17) is 9.72 Å². The van der Waals surface area contributed by atoms with E-state index in [9.17, 15) is 9.59 Å². The Hall–Kier alpha value is -2.71. The van der Waals surface area contributed by atoms with Crippen molar-refractivity contribution in [2.24, 2.45) is 0 Å². The van der Waals surface area contributed by atoms with Crippen LogP contribution in [0.15, 0.2) is 29.1 Å². The van der Waals surface area contributed by atoms with E-state index in [2.05, 4.69) is 24.1 Å². The maximum atomic E-state index is 13.1. The lowest BCUT2D eigenvalue weighted by atomic mass is 10.2. The summed E-state index contributed by atoms with van der Waals surface area (Å²) in [7, 11) is 0. The smallest absolute Gasteiger partial charge is 0.266 e. The average Bonchev–Trinajstić information content (AvgIpc) is 2.98. The van der Waals surface area contributed by atoms with Crippen LogP contribution in [0.2, 0.25) is 0 Å². The number of amides is 1. The summed E-state index contributed by atoms with van der Waals surface area (Å²) < 4.78 is 7.62. The monoisotopic (exact) mass is 468 g/mol. The lowest BCUT2D eigenvalue weighted by Crippen LogP contribution is -2.27. The Morgan fingerprint density at radius 2 is 1.94 bits per heavy atom. The number of benzene rings is 1. The van der Waals surface area contributed by atoms with Gasteiger partial charge in [-0.1, -0.05) is 20.3 Å². The first-order chi connectivity index (χ1) is 16.0. The molecule has 3 heterocycles. The number of hydrogen-bond donors (Lipinski definition) is 1. The van der Waals surface area contributed by atoms with Gasteiger partial charge >= 0.3 is 0 Å². The zero-order valence-corrected chi connectivity index (χ0v) is 20.5. The number of aryl methyl sites for hydroxylation is 2. The van der Waals surface area contributed by atoms with Crippen molar-refractivity contribution in [1.82, 2.24) is 14.5 Å². The van der Waals surface area contributed by atoms with Crippen LogP contribution in [0.25, 0.3) is 10.2 Å².